The van der Waals surface area contributed by atoms with Crippen LogP contribution in [0, 0.1) is 22.7 Å². The van der Waals surface area contributed by atoms with Gasteiger partial charge in [-0.1, -0.05) is 46.0 Å². The Labute approximate surface area is 144 Å². The van der Waals surface area contributed by atoms with E-state index in [2.05, 4.69) is 13.8 Å². The van der Waals surface area contributed by atoms with E-state index in [9.17, 15) is 0 Å². The molecule has 0 aliphatic heterocycles. The number of fused-ring (bicyclic) bond motifs is 3. The summed E-state index contributed by atoms with van der Waals surface area (Å²) in [5.74, 6) is 1.10. The van der Waals surface area contributed by atoms with Crippen molar-refractivity contribution >= 4 is 0 Å². The Kier molecular flexibility index (Phi) is 5.74. The minimum absolute atomic E-state index is 0.406. The molecular formula is C22H39F. The summed E-state index contributed by atoms with van der Waals surface area (Å²) in [7, 11) is 0. The van der Waals surface area contributed by atoms with Gasteiger partial charge < -0.3 is 0 Å². The highest BCUT2D eigenvalue weighted by atomic mass is 19.1. The SMILES string of the molecule is CCCC[C@H]1CCC(C23CCC(CCCC)(CC2)CC3)[C@H](F)C1. The molecule has 0 aromatic heterocycles. The second-order valence-electron chi connectivity index (χ2n) is 9.41. The Balaban J connectivity index is 1.57. The van der Waals surface area contributed by atoms with E-state index in [1.807, 2.05) is 0 Å². The minimum Gasteiger partial charge on any atom is -0.247 e. The van der Waals surface area contributed by atoms with Gasteiger partial charge in [0, 0.05) is 0 Å². The molecule has 3 atom stereocenters. The van der Waals surface area contributed by atoms with Crippen LogP contribution in [0.1, 0.15) is 110 Å². The minimum atomic E-state index is -0.494. The maximum atomic E-state index is 15.1. The molecule has 4 aliphatic carbocycles. The van der Waals surface area contributed by atoms with E-state index in [1.54, 1.807) is 0 Å². The Morgan fingerprint density at radius 3 is 2.09 bits per heavy atom. The second-order valence-corrected chi connectivity index (χ2v) is 9.41. The first-order valence-electron chi connectivity index (χ1n) is 10.8. The molecule has 134 valence electrons. The number of alkyl halides is 1. The van der Waals surface area contributed by atoms with Crippen molar-refractivity contribution in [2.75, 3.05) is 0 Å². The van der Waals surface area contributed by atoms with E-state index in [1.165, 1.54) is 89.9 Å². The highest BCUT2D eigenvalue weighted by Gasteiger charge is 2.53. The zero-order valence-corrected chi connectivity index (χ0v) is 15.7. The van der Waals surface area contributed by atoms with Gasteiger partial charge in [-0.25, -0.2) is 4.39 Å². The van der Waals surface area contributed by atoms with Crippen molar-refractivity contribution in [3.8, 4) is 0 Å². The highest BCUT2D eigenvalue weighted by Crippen LogP contribution is 2.63. The Morgan fingerprint density at radius 2 is 1.52 bits per heavy atom. The van der Waals surface area contributed by atoms with E-state index < -0.39 is 6.17 Å². The standard InChI is InChI=1S/C22H39F/c1-3-5-7-18-8-9-19(20(23)17-18)22-14-11-21(12-15-22,13-16-22)10-6-4-2/h18-20H,3-17H2,1-2H3/t18-,19?,20+,21?,22?/m0/s1. The molecule has 1 heteroatoms. The second kappa shape index (κ2) is 7.44. The summed E-state index contributed by atoms with van der Waals surface area (Å²) in [5, 5.41) is 0. The first-order chi connectivity index (χ1) is 11.1. The fraction of sp³-hybridized carbons (Fsp3) is 1.00. The third-order valence-electron chi connectivity index (χ3n) is 8.15. The van der Waals surface area contributed by atoms with Gasteiger partial charge in [0.1, 0.15) is 6.17 Å². The van der Waals surface area contributed by atoms with Crippen LogP contribution in [0.2, 0.25) is 0 Å². The van der Waals surface area contributed by atoms with Crippen molar-refractivity contribution in [3.05, 3.63) is 0 Å². The molecule has 0 N–H and O–H groups in total. The van der Waals surface area contributed by atoms with Gasteiger partial charge in [-0.15, -0.1) is 0 Å². The van der Waals surface area contributed by atoms with Gasteiger partial charge in [0.15, 0.2) is 0 Å². The molecule has 4 fully saturated rings. The predicted octanol–water partition coefficient (Wildman–Crippen LogP) is 7.46. The highest BCUT2D eigenvalue weighted by molar-refractivity contribution is 5.04. The van der Waals surface area contributed by atoms with E-state index in [0.29, 0.717) is 22.7 Å². The van der Waals surface area contributed by atoms with Crippen LogP contribution in [0.5, 0.6) is 0 Å². The normalized spacial score (nSPS) is 43.7. The number of rotatable bonds is 7. The van der Waals surface area contributed by atoms with E-state index >= 15 is 4.39 Å². The summed E-state index contributed by atoms with van der Waals surface area (Å²) in [6, 6.07) is 0. The van der Waals surface area contributed by atoms with Crippen LogP contribution < -0.4 is 0 Å². The molecule has 0 spiro atoms. The van der Waals surface area contributed by atoms with Crippen molar-refractivity contribution in [1.82, 2.24) is 0 Å². The van der Waals surface area contributed by atoms with E-state index in [0.717, 1.165) is 6.42 Å². The lowest BCUT2D eigenvalue weighted by molar-refractivity contribution is -0.0898. The van der Waals surface area contributed by atoms with E-state index in [-0.39, 0.29) is 0 Å². The van der Waals surface area contributed by atoms with Crippen LogP contribution in [-0.4, -0.2) is 6.17 Å². The van der Waals surface area contributed by atoms with Gasteiger partial charge in [0.2, 0.25) is 0 Å². The number of hydrogen-bond acceptors (Lipinski definition) is 0. The summed E-state index contributed by atoms with van der Waals surface area (Å²) in [4.78, 5) is 0. The Bertz CT molecular complexity index is 350. The fourth-order valence-corrected chi connectivity index (χ4v) is 6.42. The molecule has 4 aliphatic rings. The quantitative estimate of drug-likeness (QED) is 0.456. The van der Waals surface area contributed by atoms with E-state index in [4.69, 9.17) is 0 Å². The van der Waals surface area contributed by atoms with Crippen molar-refractivity contribution in [3.63, 3.8) is 0 Å². The maximum Gasteiger partial charge on any atom is 0.104 e. The predicted molar refractivity (Wildman–Crippen MR) is 97.3 cm³/mol. The molecule has 0 aromatic rings. The van der Waals surface area contributed by atoms with Gasteiger partial charge in [0.05, 0.1) is 0 Å². The topological polar surface area (TPSA) is 0 Å². The fourth-order valence-electron chi connectivity index (χ4n) is 6.42. The number of halogens is 1. The van der Waals surface area contributed by atoms with Crippen molar-refractivity contribution in [2.24, 2.45) is 22.7 Å². The zero-order valence-electron chi connectivity index (χ0n) is 15.7. The van der Waals surface area contributed by atoms with Crippen LogP contribution in [0.25, 0.3) is 0 Å². The van der Waals surface area contributed by atoms with Crippen LogP contribution in [0.4, 0.5) is 4.39 Å². The molecule has 0 heterocycles. The average Bonchev–Trinajstić information content (AvgIpc) is 2.60. The van der Waals surface area contributed by atoms with Crippen LogP contribution in [0.3, 0.4) is 0 Å². The smallest absolute Gasteiger partial charge is 0.104 e. The molecular weight excluding hydrogens is 283 g/mol. The molecule has 0 radical (unpaired) electrons. The first-order valence-corrected chi connectivity index (χ1v) is 10.8. The van der Waals surface area contributed by atoms with Gasteiger partial charge in [0.25, 0.3) is 0 Å². The van der Waals surface area contributed by atoms with Crippen molar-refractivity contribution in [1.29, 1.82) is 0 Å². The van der Waals surface area contributed by atoms with Crippen LogP contribution >= 0.6 is 0 Å². The Morgan fingerprint density at radius 1 is 0.870 bits per heavy atom. The van der Waals surface area contributed by atoms with Crippen LogP contribution in [0.15, 0.2) is 0 Å². The summed E-state index contributed by atoms with van der Waals surface area (Å²) in [6.45, 7) is 4.57. The first kappa shape index (κ1) is 17.7. The van der Waals surface area contributed by atoms with Crippen molar-refractivity contribution < 1.29 is 4.39 Å². The van der Waals surface area contributed by atoms with Gasteiger partial charge >= 0.3 is 0 Å². The third-order valence-corrected chi connectivity index (χ3v) is 8.15. The summed E-state index contributed by atoms with van der Waals surface area (Å²) in [5.41, 5.74) is 1.07. The molecule has 0 nitrogen and oxygen atoms in total. The molecule has 0 aromatic carbocycles. The van der Waals surface area contributed by atoms with Gasteiger partial charge in [-0.05, 0) is 86.9 Å². The van der Waals surface area contributed by atoms with Crippen molar-refractivity contribution in [2.45, 2.75) is 116 Å². The molecule has 0 amide bonds. The summed E-state index contributed by atoms with van der Waals surface area (Å²) >= 11 is 0. The number of unbranched alkanes of at least 4 members (excludes halogenated alkanes) is 2. The summed E-state index contributed by atoms with van der Waals surface area (Å²) < 4.78 is 15.1. The molecule has 2 bridgehead atoms. The third kappa shape index (κ3) is 3.64. The lowest BCUT2D eigenvalue weighted by atomic mass is 9.47. The Hall–Kier alpha value is -0.0700. The molecule has 4 rings (SSSR count). The van der Waals surface area contributed by atoms with Crippen LogP contribution in [-0.2, 0) is 0 Å². The summed E-state index contributed by atoms with van der Waals surface area (Å²) in [6.07, 6.45) is 19.2. The lowest BCUT2D eigenvalue weighted by Crippen LogP contribution is -2.49. The molecule has 23 heavy (non-hydrogen) atoms. The zero-order chi connectivity index (χ0) is 16.3. The monoisotopic (exact) mass is 322 g/mol. The molecule has 4 saturated carbocycles. The molecule has 1 unspecified atom stereocenters. The van der Waals surface area contributed by atoms with Gasteiger partial charge in [-0.2, -0.15) is 0 Å². The lowest BCUT2D eigenvalue weighted by Gasteiger charge is -2.58. The van der Waals surface area contributed by atoms with Gasteiger partial charge in [-0.3, -0.25) is 0 Å². The molecule has 0 saturated heterocycles. The number of hydrogen-bond donors (Lipinski definition) is 0. The average molecular weight is 323 g/mol. The largest absolute Gasteiger partial charge is 0.247 e. The maximum absolute atomic E-state index is 15.1.